The molecule has 3 aromatic rings. The van der Waals surface area contributed by atoms with Gasteiger partial charge in [-0.3, -0.25) is 9.78 Å². The minimum atomic E-state index is -0.447. The lowest BCUT2D eigenvalue weighted by molar-refractivity contribution is 0.102. The van der Waals surface area contributed by atoms with Crippen LogP contribution >= 0.6 is 23.2 Å². The molecular formula is C18H12Cl2FN3O. The smallest absolute Gasteiger partial charge is 0.274 e. The summed E-state index contributed by atoms with van der Waals surface area (Å²) in [5.41, 5.74) is 1.84. The minimum absolute atomic E-state index is 0.183. The SMILES string of the molecule is O=C(Nc1c(Cl)cccc1Cl)c1cc(Nc2ccc(F)cc2)ccn1. The second-order valence-electron chi connectivity index (χ2n) is 5.11. The third kappa shape index (κ3) is 4.26. The number of anilines is 3. The van der Waals surface area contributed by atoms with Crippen LogP contribution in [0.2, 0.25) is 10.0 Å². The highest BCUT2D eigenvalue weighted by Gasteiger charge is 2.13. The highest BCUT2D eigenvalue weighted by atomic mass is 35.5. The molecule has 0 radical (unpaired) electrons. The van der Waals surface area contributed by atoms with Crippen LogP contribution in [0, 0.1) is 5.82 Å². The zero-order chi connectivity index (χ0) is 17.8. The number of para-hydroxylation sites is 1. The number of hydrogen-bond acceptors (Lipinski definition) is 3. The lowest BCUT2D eigenvalue weighted by Gasteiger charge is -2.10. The van der Waals surface area contributed by atoms with E-state index in [1.807, 2.05) is 0 Å². The Kier molecular flexibility index (Phi) is 5.16. The standard InChI is InChI=1S/C18H12Cl2FN3O/c19-14-2-1-3-15(20)17(14)24-18(25)16-10-13(8-9-22-16)23-12-6-4-11(21)5-7-12/h1-10H,(H,22,23)(H,24,25). The van der Waals surface area contributed by atoms with Gasteiger partial charge in [-0.15, -0.1) is 0 Å². The molecule has 1 heterocycles. The van der Waals surface area contributed by atoms with Gasteiger partial charge in [-0.05, 0) is 48.5 Å². The number of rotatable bonds is 4. The first kappa shape index (κ1) is 17.2. The Hall–Kier alpha value is -2.63. The van der Waals surface area contributed by atoms with Gasteiger partial charge in [0.05, 0.1) is 15.7 Å². The van der Waals surface area contributed by atoms with Crippen molar-refractivity contribution in [3.8, 4) is 0 Å². The maximum Gasteiger partial charge on any atom is 0.274 e. The number of hydrogen-bond donors (Lipinski definition) is 2. The predicted molar refractivity (Wildman–Crippen MR) is 98.3 cm³/mol. The minimum Gasteiger partial charge on any atom is -0.355 e. The number of carbonyl (C=O) groups is 1. The van der Waals surface area contributed by atoms with Gasteiger partial charge in [-0.2, -0.15) is 0 Å². The summed E-state index contributed by atoms with van der Waals surface area (Å²) in [6, 6.07) is 14.1. The highest BCUT2D eigenvalue weighted by Crippen LogP contribution is 2.30. The first-order valence-electron chi connectivity index (χ1n) is 7.27. The Balaban J connectivity index is 1.78. The van der Waals surface area contributed by atoms with Crippen molar-refractivity contribution >= 4 is 46.2 Å². The Morgan fingerprint density at radius 3 is 2.32 bits per heavy atom. The first-order chi connectivity index (χ1) is 12.0. The number of aromatic nitrogens is 1. The highest BCUT2D eigenvalue weighted by molar-refractivity contribution is 6.40. The average molecular weight is 376 g/mol. The quantitative estimate of drug-likeness (QED) is 0.630. The van der Waals surface area contributed by atoms with Gasteiger partial charge >= 0.3 is 0 Å². The van der Waals surface area contributed by atoms with Crippen LogP contribution in [-0.4, -0.2) is 10.9 Å². The molecule has 4 nitrogen and oxygen atoms in total. The monoisotopic (exact) mass is 375 g/mol. The number of halogens is 3. The molecule has 0 atom stereocenters. The van der Waals surface area contributed by atoms with E-state index in [1.54, 1.807) is 42.5 Å². The maximum atomic E-state index is 13.0. The molecule has 126 valence electrons. The summed E-state index contributed by atoms with van der Waals surface area (Å²) in [6.07, 6.45) is 1.50. The Morgan fingerprint density at radius 1 is 0.960 bits per heavy atom. The molecule has 7 heteroatoms. The van der Waals surface area contributed by atoms with Crippen LogP contribution in [-0.2, 0) is 0 Å². The van der Waals surface area contributed by atoms with E-state index in [1.165, 1.54) is 18.3 Å². The fraction of sp³-hybridized carbons (Fsp3) is 0. The largest absolute Gasteiger partial charge is 0.355 e. The van der Waals surface area contributed by atoms with Crippen molar-refractivity contribution in [2.75, 3.05) is 10.6 Å². The van der Waals surface area contributed by atoms with Crippen LogP contribution in [0.15, 0.2) is 60.8 Å². The van der Waals surface area contributed by atoms with Crippen LogP contribution < -0.4 is 10.6 Å². The molecule has 25 heavy (non-hydrogen) atoms. The second-order valence-corrected chi connectivity index (χ2v) is 5.93. The van der Waals surface area contributed by atoms with Crippen molar-refractivity contribution in [2.45, 2.75) is 0 Å². The van der Waals surface area contributed by atoms with Gasteiger partial charge in [0.2, 0.25) is 0 Å². The molecule has 0 aliphatic rings. The number of pyridine rings is 1. The Bertz CT molecular complexity index is 896. The zero-order valence-corrected chi connectivity index (χ0v) is 14.3. The normalized spacial score (nSPS) is 10.4. The van der Waals surface area contributed by atoms with Gasteiger partial charge in [0.15, 0.2) is 0 Å². The van der Waals surface area contributed by atoms with Gasteiger partial charge in [0.1, 0.15) is 11.5 Å². The summed E-state index contributed by atoms with van der Waals surface area (Å²) in [4.78, 5) is 16.5. The molecule has 0 spiro atoms. The average Bonchev–Trinajstić information content (AvgIpc) is 2.60. The molecule has 0 aliphatic heterocycles. The fourth-order valence-corrected chi connectivity index (χ4v) is 2.62. The first-order valence-corrected chi connectivity index (χ1v) is 8.02. The molecule has 1 amide bonds. The third-order valence-electron chi connectivity index (χ3n) is 3.33. The number of amides is 1. The zero-order valence-electron chi connectivity index (χ0n) is 12.8. The van der Waals surface area contributed by atoms with E-state index in [-0.39, 0.29) is 11.5 Å². The third-order valence-corrected chi connectivity index (χ3v) is 3.96. The van der Waals surface area contributed by atoms with E-state index >= 15 is 0 Å². The summed E-state index contributed by atoms with van der Waals surface area (Å²) in [5, 5.41) is 6.39. The fourth-order valence-electron chi connectivity index (χ4n) is 2.13. The molecule has 1 aromatic heterocycles. The summed E-state index contributed by atoms with van der Waals surface area (Å²) in [7, 11) is 0. The van der Waals surface area contributed by atoms with Gasteiger partial charge in [0, 0.05) is 17.6 Å². The van der Waals surface area contributed by atoms with Crippen LogP contribution in [0.25, 0.3) is 0 Å². The van der Waals surface area contributed by atoms with E-state index in [9.17, 15) is 9.18 Å². The number of nitrogens with zero attached hydrogens (tertiary/aromatic N) is 1. The van der Waals surface area contributed by atoms with Crippen molar-refractivity contribution in [1.82, 2.24) is 4.98 Å². The summed E-state index contributed by atoms with van der Waals surface area (Å²) in [6.45, 7) is 0. The van der Waals surface area contributed by atoms with Crippen molar-refractivity contribution in [1.29, 1.82) is 0 Å². The molecule has 2 aromatic carbocycles. The van der Waals surface area contributed by atoms with E-state index in [2.05, 4.69) is 15.6 Å². The van der Waals surface area contributed by atoms with Gasteiger partial charge < -0.3 is 10.6 Å². The molecule has 0 unspecified atom stereocenters. The van der Waals surface area contributed by atoms with Crippen molar-refractivity contribution in [3.63, 3.8) is 0 Å². The maximum absolute atomic E-state index is 13.0. The summed E-state index contributed by atoms with van der Waals surface area (Å²) in [5.74, 6) is -0.769. The van der Waals surface area contributed by atoms with E-state index in [0.29, 0.717) is 27.1 Å². The van der Waals surface area contributed by atoms with E-state index in [0.717, 1.165) is 0 Å². The van der Waals surface area contributed by atoms with E-state index in [4.69, 9.17) is 23.2 Å². The summed E-state index contributed by atoms with van der Waals surface area (Å²) >= 11 is 12.1. The lowest BCUT2D eigenvalue weighted by Crippen LogP contribution is -2.14. The van der Waals surface area contributed by atoms with Crippen molar-refractivity contribution in [3.05, 3.63) is 82.4 Å². The predicted octanol–water partition coefficient (Wildman–Crippen LogP) is 5.52. The van der Waals surface area contributed by atoms with Crippen molar-refractivity contribution in [2.24, 2.45) is 0 Å². The van der Waals surface area contributed by atoms with Gasteiger partial charge in [-0.25, -0.2) is 4.39 Å². The number of carbonyl (C=O) groups excluding carboxylic acids is 1. The second kappa shape index (κ2) is 7.51. The number of nitrogens with one attached hydrogen (secondary N) is 2. The van der Waals surface area contributed by atoms with Gasteiger partial charge in [0.25, 0.3) is 5.91 Å². The molecule has 0 saturated heterocycles. The molecule has 0 fully saturated rings. The van der Waals surface area contributed by atoms with Crippen LogP contribution in [0.3, 0.4) is 0 Å². The summed E-state index contributed by atoms with van der Waals surface area (Å²) < 4.78 is 13.0. The molecule has 2 N–H and O–H groups in total. The number of benzene rings is 2. The Labute approximate surface area is 153 Å². The molecule has 0 aliphatic carbocycles. The van der Waals surface area contributed by atoms with Crippen molar-refractivity contribution < 1.29 is 9.18 Å². The lowest BCUT2D eigenvalue weighted by atomic mass is 10.2. The van der Waals surface area contributed by atoms with E-state index < -0.39 is 5.91 Å². The van der Waals surface area contributed by atoms with Crippen LogP contribution in [0.4, 0.5) is 21.5 Å². The topological polar surface area (TPSA) is 54.0 Å². The molecular weight excluding hydrogens is 364 g/mol. The van der Waals surface area contributed by atoms with Gasteiger partial charge in [-0.1, -0.05) is 29.3 Å². The van der Waals surface area contributed by atoms with Crippen LogP contribution in [0.1, 0.15) is 10.5 Å². The van der Waals surface area contributed by atoms with Crippen LogP contribution in [0.5, 0.6) is 0 Å². The molecule has 0 saturated carbocycles. The molecule has 0 bridgehead atoms. The Morgan fingerprint density at radius 2 is 1.64 bits per heavy atom. The molecule has 3 rings (SSSR count).